The zero-order valence-corrected chi connectivity index (χ0v) is 5.46. The number of nitrogens with zero attached hydrogens (tertiary/aromatic N) is 1. The molecule has 2 rings (SSSR count). The Labute approximate surface area is 54.9 Å². The van der Waals surface area contributed by atoms with Gasteiger partial charge in [-0.2, -0.15) is 5.26 Å². The minimum absolute atomic E-state index is 0.163. The van der Waals surface area contributed by atoms with Crippen LogP contribution < -0.4 is 5.32 Å². The van der Waals surface area contributed by atoms with E-state index in [1.54, 1.807) is 0 Å². The normalized spacial score (nSPS) is 54.2. The van der Waals surface area contributed by atoms with Crippen LogP contribution >= 0.6 is 0 Å². The lowest BCUT2D eigenvalue weighted by Crippen LogP contribution is -2.25. The van der Waals surface area contributed by atoms with Crippen LogP contribution in [0, 0.1) is 23.2 Å². The summed E-state index contributed by atoms with van der Waals surface area (Å²) in [5.74, 6) is 1.67. The van der Waals surface area contributed by atoms with Gasteiger partial charge >= 0.3 is 0 Å². The van der Waals surface area contributed by atoms with Crippen molar-refractivity contribution in [1.29, 1.82) is 5.26 Å². The van der Waals surface area contributed by atoms with E-state index < -0.39 is 0 Å². The Morgan fingerprint density at radius 3 is 2.89 bits per heavy atom. The fourth-order valence-corrected chi connectivity index (χ4v) is 1.84. The lowest BCUT2D eigenvalue weighted by molar-refractivity contribution is 0.573. The average molecular weight is 122 g/mol. The molecule has 0 bridgehead atoms. The number of rotatable bonds is 0. The highest BCUT2D eigenvalue weighted by atomic mass is 15.1. The van der Waals surface area contributed by atoms with Crippen LogP contribution in [-0.2, 0) is 0 Å². The van der Waals surface area contributed by atoms with Gasteiger partial charge in [0, 0.05) is 6.04 Å². The summed E-state index contributed by atoms with van der Waals surface area (Å²) in [5.41, 5.74) is 0. The average Bonchev–Trinajstić information content (AvgIpc) is 2.32. The highest BCUT2D eigenvalue weighted by Gasteiger charge is 2.53. The van der Waals surface area contributed by atoms with Gasteiger partial charge in [0.05, 0.1) is 12.1 Å². The van der Waals surface area contributed by atoms with Gasteiger partial charge in [-0.3, -0.25) is 5.32 Å². The van der Waals surface area contributed by atoms with Gasteiger partial charge in [0.1, 0.15) is 0 Å². The lowest BCUT2D eigenvalue weighted by atomic mass is 10.1. The second kappa shape index (κ2) is 1.48. The molecule has 2 heteroatoms. The standard InChI is InChI=1S/C7H10N2/c1-4-6-2-5(3-8)9-7(4)6/h4-7,9H,2H2,1H3/t4-,5-,6?,7?/m0/s1. The fourth-order valence-electron chi connectivity index (χ4n) is 1.84. The Kier molecular flexibility index (Phi) is 0.866. The zero-order valence-electron chi connectivity index (χ0n) is 5.46. The summed E-state index contributed by atoms with van der Waals surface area (Å²) >= 11 is 0. The fraction of sp³-hybridized carbons (Fsp3) is 0.857. The quantitative estimate of drug-likeness (QED) is 0.508. The lowest BCUT2D eigenvalue weighted by Gasteiger charge is -2.02. The summed E-state index contributed by atoms with van der Waals surface area (Å²) < 4.78 is 0. The molecule has 0 radical (unpaired) electrons. The van der Waals surface area contributed by atoms with Gasteiger partial charge in [-0.25, -0.2) is 0 Å². The molecule has 0 aromatic rings. The topological polar surface area (TPSA) is 35.8 Å². The largest absolute Gasteiger partial charge is 0.299 e. The highest BCUT2D eigenvalue weighted by molar-refractivity contribution is 5.13. The minimum Gasteiger partial charge on any atom is -0.299 e. The summed E-state index contributed by atoms with van der Waals surface area (Å²) in [6.45, 7) is 2.25. The van der Waals surface area contributed by atoms with Gasteiger partial charge in [0.15, 0.2) is 0 Å². The van der Waals surface area contributed by atoms with E-state index in [-0.39, 0.29) is 6.04 Å². The monoisotopic (exact) mass is 122 g/mol. The van der Waals surface area contributed by atoms with Crippen LogP contribution in [0.2, 0.25) is 0 Å². The molecule has 0 aromatic heterocycles. The molecule has 0 spiro atoms. The molecular formula is C7H10N2. The summed E-state index contributed by atoms with van der Waals surface area (Å²) in [7, 11) is 0. The molecule has 48 valence electrons. The van der Waals surface area contributed by atoms with Crippen molar-refractivity contribution in [3.05, 3.63) is 0 Å². The van der Waals surface area contributed by atoms with Crippen LogP contribution in [0.15, 0.2) is 0 Å². The maximum Gasteiger partial charge on any atom is 0.0958 e. The number of nitriles is 1. The number of piperidine rings is 1. The second-order valence-electron chi connectivity index (χ2n) is 3.13. The van der Waals surface area contributed by atoms with E-state index in [9.17, 15) is 0 Å². The van der Waals surface area contributed by atoms with E-state index in [0.717, 1.165) is 18.3 Å². The Bertz CT molecular complexity index is 158. The molecule has 2 fully saturated rings. The summed E-state index contributed by atoms with van der Waals surface area (Å²) in [6.07, 6.45) is 1.09. The van der Waals surface area contributed by atoms with Crippen molar-refractivity contribution in [2.45, 2.75) is 25.4 Å². The van der Waals surface area contributed by atoms with Crippen LogP contribution in [0.4, 0.5) is 0 Å². The Morgan fingerprint density at radius 2 is 2.44 bits per heavy atom. The third kappa shape index (κ3) is 0.585. The van der Waals surface area contributed by atoms with Crippen molar-refractivity contribution in [3.8, 4) is 6.07 Å². The van der Waals surface area contributed by atoms with Gasteiger partial charge in [0.25, 0.3) is 0 Å². The molecule has 2 unspecified atom stereocenters. The molecular weight excluding hydrogens is 112 g/mol. The molecule has 1 aliphatic carbocycles. The Hall–Kier alpha value is -0.550. The van der Waals surface area contributed by atoms with Gasteiger partial charge in [0.2, 0.25) is 0 Å². The maximum absolute atomic E-state index is 8.48. The number of hydrogen-bond donors (Lipinski definition) is 1. The van der Waals surface area contributed by atoms with Crippen molar-refractivity contribution >= 4 is 0 Å². The number of nitrogens with one attached hydrogen (secondary N) is 1. The van der Waals surface area contributed by atoms with Crippen LogP contribution in [-0.4, -0.2) is 12.1 Å². The third-order valence-electron chi connectivity index (χ3n) is 2.62. The molecule has 1 N–H and O–H groups in total. The van der Waals surface area contributed by atoms with Crippen molar-refractivity contribution < 1.29 is 0 Å². The van der Waals surface area contributed by atoms with E-state index in [1.807, 2.05) is 0 Å². The van der Waals surface area contributed by atoms with Gasteiger partial charge in [-0.05, 0) is 18.3 Å². The Morgan fingerprint density at radius 1 is 1.67 bits per heavy atom. The first-order valence-corrected chi connectivity index (χ1v) is 3.48. The van der Waals surface area contributed by atoms with E-state index in [1.165, 1.54) is 0 Å². The van der Waals surface area contributed by atoms with E-state index in [0.29, 0.717) is 6.04 Å². The van der Waals surface area contributed by atoms with Crippen LogP contribution in [0.3, 0.4) is 0 Å². The van der Waals surface area contributed by atoms with Crippen molar-refractivity contribution in [2.24, 2.45) is 11.8 Å². The summed E-state index contributed by atoms with van der Waals surface area (Å²) in [4.78, 5) is 0. The van der Waals surface area contributed by atoms with E-state index in [2.05, 4.69) is 18.3 Å². The first kappa shape index (κ1) is 5.25. The smallest absolute Gasteiger partial charge is 0.0958 e. The molecule has 1 saturated carbocycles. The Balaban J connectivity index is 1.98. The van der Waals surface area contributed by atoms with Crippen molar-refractivity contribution in [3.63, 3.8) is 0 Å². The number of hydrogen-bond acceptors (Lipinski definition) is 2. The van der Waals surface area contributed by atoms with Gasteiger partial charge < -0.3 is 0 Å². The summed E-state index contributed by atoms with van der Waals surface area (Å²) in [5, 5.41) is 11.7. The predicted octanol–water partition coefficient (Wildman–Crippen LogP) is 0.506. The molecule has 2 aliphatic rings. The molecule has 0 amide bonds. The molecule has 1 saturated heterocycles. The van der Waals surface area contributed by atoms with Crippen LogP contribution in [0.5, 0.6) is 0 Å². The maximum atomic E-state index is 8.48. The van der Waals surface area contributed by atoms with Crippen LogP contribution in [0.1, 0.15) is 13.3 Å². The molecule has 2 nitrogen and oxygen atoms in total. The predicted molar refractivity (Wildman–Crippen MR) is 33.6 cm³/mol. The van der Waals surface area contributed by atoms with E-state index >= 15 is 0 Å². The first-order valence-electron chi connectivity index (χ1n) is 3.48. The molecule has 0 aromatic carbocycles. The van der Waals surface area contributed by atoms with Crippen molar-refractivity contribution in [2.75, 3.05) is 0 Å². The molecule has 9 heavy (non-hydrogen) atoms. The third-order valence-corrected chi connectivity index (χ3v) is 2.62. The second-order valence-corrected chi connectivity index (χ2v) is 3.13. The molecule has 4 atom stereocenters. The zero-order chi connectivity index (χ0) is 6.43. The molecule has 1 aliphatic heterocycles. The number of fused-ring (bicyclic) bond motifs is 1. The van der Waals surface area contributed by atoms with Crippen molar-refractivity contribution in [1.82, 2.24) is 5.32 Å². The first-order chi connectivity index (χ1) is 4.33. The minimum atomic E-state index is 0.163. The van der Waals surface area contributed by atoms with E-state index in [4.69, 9.17) is 5.26 Å². The molecule has 1 heterocycles. The highest BCUT2D eigenvalue weighted by Crippen LogP contribution is 2.46. The van der Waals surface area contributed by atoms with Crippen LogP contribution in [0.25, 0.3) is 0 Å². The van der Waals surface area contributed by atoms with Gasteiger partial charge in [-0.1, -0.05) is 6.92 Å². The van der Waals surface area contributed by atoms with Gasteiger partial charge in [-0.15, -0.1) is 0 Å². The SMILES string of the molecule is C[C@H]1C2C[C@@H](C#N)NC21. The summed E-state index contributed by atoms with van der Waals surface area (Å²) in [6, 6.07) is 3.09.